The zero-order valence-corrected chi connectivity index (χ0v) is 8.94. The van der Waals surface area contributed by atoms with Crippen molar-refractivity contribution in [3.05, 3.63) is 29.1 Å². The summed E-state index contributed by atoms with van der Waals surface area (Å²) in [6, 6.07) is 2.46. The number of hydrogen-bond acceptors (Lipinski definition) is 3. The third kappa shape index (κ3) is 1.61. The Labute approximate surface area is 91.7 Å². The van der Waals surface area contributed by atoms with Crippen molar-refractivity contribution in [1.82, 2.24) is 24.5 Å². The summed E-state index contributed by atoms with van der Waals surface area (Å²) in [6.07, 6.45) is 6.11. The third-order valence-corrected chi connectivity index (χ3v) is 2.84. The summed E-state index contributed by atoms with van der Waals surface area (Å²) in [6.45, 7) is 0.677. The fourth-order valence-electron chi connectivity index (χ4n) is 1.70. The van der Waals surface area contributed by atoms with Gasteiger partial charge >= 0.3 is 0 Å². The molecule has 3 rings (SSSR count). The van der Waals surface area contributed by atoms with Crippen molar-refractivity contribution < 1.29 is 0 Å². The van der Waals surface area contributed by atoms with Crippen molar-refractivity contribution in [2.24, 2.45) is 0 Å². The van der Waals surface area contributed by atoms with Crippen LogP contribution in [0.1, 0.15) is 24.7 Å². The minimum atomic E-state index is 0.557. The molecular formula is C9H11N5S. The Hall–Kier alpha value is -1.43. The van der Waals surface area contributed by atoms with Gasteiger partial charge < -0.3 is 0 Å². The van der Waals surface area contributed by atoms with Crippen molar-refractivity contribution in [3.8, 4) is 0 Å². The van der Waals surface area contributed by atoms with E-state index in [2.05, 4.69) is 19.9 Å². The van der Waals surface area contributed by atoms with Gasteiger partial charge in [0.15, 0.2) is 10.6 Å². The Kier molecular flexibility index (Phi) is 1.95. The molecule has 1 N–H and O–H groups in total. The summed E-state index contributed by atoms with van der Waals surface area (Å²) in [5.74, 6) is 0.964. The molecular weight excluding hydrogens is 210 g/mol. The van der Waals surface area contributed by atoms with Crippen molar-refractivity contribution in [1.29, 1.82) is 0 Å². The van der Waals surface area contributed by atoms with E-state index < -0.39 is 0 Å². The number of H-pyrrole nitrogens is 1. The van der Waals surface area contributed by atoms with Gasteiger partial charge in [0.1, 0.15) is 6.54 Å². The zero-order valence-electron chi connectivity index (χ0n) is 8.13. The van der Waals surface area contributed by atoms with Gasteiger partial charge in [-0.05, 0) is 31.1 Å². The Morgan fingerprint density at radius 1 is 1.53 bits per heavy atom. The first kappa shape index (κ1) is 8.84. The minimum absolute atomic E-state index is 0.557. The molecule has 0 aliphatic heterocycles. The Morgan fingerprint density at radius 2 is 2.40 bits per heavy atom. The number of rotatable bonds is 3. The molecule has 0 spiro atoms. The highest BCUT2D eigenvalue weighted by Crippen LogP contribution is 2.35. The normalized spacial score (nSPS) is 15.7. The molecule has 2 aromatic rings. The summed E-state index contributed by atoms with van der Waals surface area (Å²) >= 11 is 5.20. The first-order chi connectivity index (χ1) is 7.34. The molecule has 1 fully saturated rings. The molecule has 0 amide bonds. The molecule has 2 heterocycles. The summed E-state index contributed by atoms with van der Waals surface area (Å²) in [4.78, 5) is 0. The molecule has 1 aliphatic carbocycles. The molecule has 0 saturated heterocycles. The average Bonchev–Trinajstić information content (AvgIpc) is 2.80. The predicted molar refractivity (Wildman–Crippen MR) is 57.0 cm³/mol. The van der Waals surface area contributed by atoms with Gasteiger partial charge in [0.2, 0.25) is 0 Å². The van der Waals surface area contributed by atoms with E-state index in [1.165, 1.54) is 12.8 Å². The van der Waals surface area contributed by atoms with Gasteiger partial charge in [0.25, 0.3) is 0 Å². The van der Waals surface area contributed by atoms with Crippen molar-refractivity contribution in [2.45, 2.75) is 25.4 Å². The molecule has 1 saturated carbocycles. The van der Waals surface area contributed by atoms with Gasteiger partial charge in [-0.2, -0.15) is 10.2 Å². The quantitative estimate of drug-likeness (QED) is 0.799. The van der Waals surface area contributed by atoms with E-state index in [4.69, 9.17) is 12.2 Å². The van der Waals surface area contributed by atoms with Crippen molar-refractivity contribution >= 4 is 12.2 Å². The Balaban J connectivity index is 1.94. The van der Waals surface area contributed by atoms with E-state index >= 15 is 0 Å². The molecule has 0 atom stereocenters. The van der Waals surface area contributed by atoms with Crippen LogP contribution in [0.2, 0.25) is 0 Å². The molecule has 0 bridgehead atoms. The number of aromatic amines is 1. The second-order valence-corrected chi connectivity index (χ2v) is 4.14. The van der Waals surface area contributed by atoms with Crippen LogP contribution in [0.15, 0.2) is 18.5 Å². The van der Waals surface area contributed by atoms with E-state index in [9.17, 15) is 0 Å². The van der Waals surface area contributed by atoms with Crippen molar-refractivity contribution in [2.75, 3.05) is 0 Å². The highest BCUT2D eigenvalue weighted by Gasteiger charge is 2.27. The molecule has 6 heteroatoms. The number of nitrogens with one attached hydrogen (secondary N) is 1. The topological polar surface area (TPSA) is 51.4 Å². The summed E-state index contributed by atoms with van der Waals surface area (Å²) in [7, 11) is 0. The van der Waals surface area contributed by atoms with Gasteiger partial charge in [0.05, 0.1) is 0 Å². The van der Waals surface area contributed by atoms with Crippen LogP contribution in [0.5, 0.6) is 0 Å². The average molecular weight is 221 g/mol. The lowest BCUT2D eigenvalue weighted by atomic mass is 10.5. The molecule has 15 heavy (non-hydrogen) atoms. The fourth-order valence-corrected chi connectivity index (χ4v) is 2.00. The monoisotopic (exact) mass is 221 g/mol. The van der Waals surface area contributed by atoms with Gasteiger partial charge in [-0.25, -0.2) is 0 Å². The van der Waals surface area contributed by atoms with Gasteiger partial charge in [-0.1, -0.05) is 0 Å². The lowest BCUT2D eigenvalue weighted by Crippen LogP contribution is -2.08. The van der Waals surface area contributed by atoms with Gasteiger partial charge in [-0.15, -0.1) is 0 Å². The van der Waals surface area contributed by atoms with Crippen LogP contribution in [-0.4, -0.2) is 24.5 Å². The van der Waals surface area contributed by atoms with Crippen LogP contribution in [0, 0.1) is 4.77 Å². The molecule has 1 aliphatic rings. The Bertz CT molecular complexity index is 505. The van der Waals surface area contributed by atoms with Crippen molar-refractivity contribution in [3.63, 3.8) is 0 Å². The number of hydrogen-bond donors (Lipinski definition) is 1. The molecule has 5 nitrogen and oxygen atoms in total. The smallest absolute Gasteiger partial charge is 0.195 e. The largest absolute Gasteiger partial charge is 0.299 e. The summed E-state index contributed by atoms with van der Waals surface area (Å²) in [5, 5.41) is 11.2. The first-order valence-electron chi connectivity index (χ1n) is 4.98. The maximum absolute atomic E-state index is 5.20. The van der Waals surface area contributed by atoms with E-state index in [-0.39, 0.29) is 0 Å². The van der Waals surface area contributed by atoms with Crippen LogP contribution in [0.25, 0.3) is 0 Å². The maximum Gasteiger partial charge on any atom is 0.195 e. The molecule has 0 radical (unpaired) electrons. The highest BCUT2D eigenvalue weighted by atomic mass is 32.1. The SMILES string of the molecule is S=c1[nH]nc(Cn2cccn2)n1C1CC1. The summed E-state index contributed by atoms with van der Waals surface area (Å²) < 4.78 is 4.68. The number of aromatic nitrogens is 5. The van der Waals surface area contributed by atoms with E-state index in [0.717, 1.165) is 10.6 Å². The van der Waals surface area contributed by atoms with Gasteiger partial charge in [0, 0.05) is 18.4 Å². The fraction of sp³-hybridized carbons (Fsp3) is 0.444. The highest BCUT2D eigenvalue weighted by molar-refractivity contribution is 7.71. The lowest BCUT2D eigenvalue weighted by Gasteiger charge is -2.04. The first-order valence-corrected chi connectivity index (χ1v) is 5.38. The maximum atomic E-state index is 5.20. The van der Waals surface area contributed by atoms with Crippen LogP contribution in [-0.2, 0) is 6.54 Å². The second kappa shape index (κ2) is 3.30. The number of nitrogens with zero attached hydrogens (tertiary/aromatic N) is 4. The molecule has 2 aromatic heterocycles. The summed E-state index contributed by atoms with van der Waals surface area (Å²) in [5.41, 5.74) is 0. The van der Waals surface area contributed by atoms with Crippen LogP contribution >= 0.6 is 12.2 Å². The van der Waals surface area contributed by atoms with E-state index in [0.29, 0.717) is 12.6 Å². The minimum Gasteiger partial charge on any atom is -0.299 e. The van der Waals surface area contributed by atoms with Crippen LogP contribution < -0.4 is 0 Å². The Morgan fingerprint density at radius 3 is 3.07 bits per heavy atom. The van der Waals surface area contributed by atoms with Crippen LogP contribution in [0.3, 0.4) is 0 Å². The van der Waals surface area contributed by atoms with Crippen LogP contribution in [0.4, 0.5) is 0 Å². The van der Waals surface area contributed by atoms with Gasteiger partial charge in [-0.3, -0.25) is 14.3 Å². The molecule has 0 aromatic carbocycles. The van der Waals surface area contributed by atoms with E-state index in [1.54, 1.807) is 6.20 Å². The molecule has 78 valence electrons. The molecule has 0 unspecified atom stereocenters. The predicted octanol–water partition coefficient (Wildman–Crippen LogP) is 1.52. The lowest BCUT2D eigenvalue weighted by molar-refractivity contribution is 0.597. The zero-order chi connectivity index (χ0) is 10.3. The standard InChI is InChI=1S/C9H11N5S/c15-9-12-11-8(14(9)7-2-3-7)6-13-5-1-4-10-13/h1,4-5,7H,2-3,6H2,(H,12,15). The third-order valence-electron chi connectivity index (χ3n) is 2.55. The second-order valence-electron chi connectivity index (χ2n) is 3.75. The van der Waals surface area contributed by atoms with E-state index in [1.807, 2.05) is 16.9 Å².